The molecule has 0 saturated carbocycles. The Hall–Kier alpha value is -0.870. The number of aliphatic hydroxyl groups is 1. The maximum Gasteiger partial charge on any atom is 0.243 e. The smallest absolute Gasteiger partial charge is 0.243 e. The van der Waals surface area contributed by atoms with Crippen molar-refractivity contribution in [1.29, 1.82) is 0 Å². The van der Waals surface area contributed by atoms with Gasteiger partial charge in [0.25, 0.3) is 0 Å². The molecule has 4 heteroatoms. The molecule has 11 heavy (non-hydrogen) atoms. The second kappa shape index (κ2) is 3.02. The van der Waals surface area contributed by atoms with E-state index in [1.165, 1.54) is 6.08 Å². The Morgan fingerprint density at radius 1 is 1.82 bits per heavy atom. The molecule has 62 valence electrons. The van der Waals surface area contributed by atoms with Crippen molar-refractivity contribution in [3.63, 3.8) is 0 Å². The molecule has 0 spiro atoms. The van der Waals surface area contributed by atoms with E-state index >= 15 is 0 Å². The van der Waals surface area contributed by atoms with E-state index < -0.39 is 5.54 Å². The summed E-state index contributed by atoms with van der Waals surface area (Å²) in [5.74, 6) is -0.236. The Kier molecular flexibility index (Phi) is 2.26. The lowest BCUT2D eigenvalue weighted by atomic mass is 9.93. The van der Waals surface area contributed by atoms with Gasteiger partial charge in [0, 0.05) is 13.1 Å². The average molecular weight is 156 g/mol. The molecule has 0 aromatic rings. The molecule has 1 amide bonds. The summed E-state index contributed by atoms with van der Waals surface area (Å²) in [6.07, 6.45) is 1.20. The first kappa shape index (κ1) is 8.23. The molecule has 4 nitrogen and oxygen atoms in total. The van der Waals surface area contributed by atoms with Crippen molar-refractivity contribution in [1.82, 2.24) is 10.6 Å². The predicted molar refractivity (Wildman–Crippen MR) is 41.0 cm³/mol. The van der Waals surface area contributed by atoms with Crippen molar-refractivity contribution >= 4 is 5.91 Å². The van der Waals surface area contributed by atoms with Crippen molar-refractivity contribution in [3.05, 3.63) is 12.7 Å². The van der Waals surface area contributed by atoms with Crippen LogP contribution < -0.4 is 10.6 Å². The molecule has 0 bridgehead atoms. The van der Waals surface area contributed by atoms with Crippen LogP contribution in [0.25, 0.3) is 0 Å². The van der Waals surface area contributed by atoms with Crippen molar-refractivity contribution < 1.29 is 9.90 Å². The fraction of sp³-hybridized carbons (Fsp3) is 0.571. The van der Waals surface area contributed by atoms with Crippen LogP contribution in [-0.4, -0.2) is 36.2 Å². The zero-order valence-corrected chi connectivity index (χ0v) is 6.26. The summed E-state index contributed by atoms with van der Waals surface area (Å²) in [4.78, 5) is 10.8. The number of carbonyl (C=O) groups excluding carboxylic acids is 1. The third-order valence-electron chi connectivity index (χ3n) is 1.80. The van der Waals surface area contributed by atoms with Gasteiger partial charge in [-0.2, -0.15) is 0 Å². The van der Waals surface area contributed by atoms with E-state index in [0.29, 0.717) is 13.1 Å². The van der Waals surface area contributed by atoms with Crippen LogP contribution in [0.4, 0.5) is 0 Å². The number of carbonyl (C=O) groups is 1. The fourth-order valence-electron chi connectivity index (χ4n) is 0.979. The summed E-state index contributed by atoms with van der Waals surface area (Å²) in [7, 11) is 0. The number of aliphatic hydroxyl groups excluding tert-OH is 1. The first-order valence-electron chi connectivity index (χ1n) is 3.49. The van der Waals surface area contributed by atoms with E-state index in [2.05, 4.69) is 17.2 Å². The van der Waals surface area contributed by atoms with Gasteiger partial charge in [-0.3, -0.25) is 4.79 Å². The van der Waals surface area contributed by atoms with Crippen LogP contribution in [0.3, 0.4) is 0 Å². The maximum absolute atomic E-state index is 10.8. The van der Waals surface area contributed by atoms with E-state index in [4.69, 9.17) is 5.11 Å². The van der Waals surface area contributed by atoms with Gasteiger partial charge in [0.1, 0.15) is 0 Å². The van der Waals surface area contributed by atoms with Crippen LogP contribution in [-0.2, 0) is 4.79 Å². The quantitative estimate of drug-likeness (QED) is 0.441. The summed E-state index contributed by atoms with van der Waals surface area (Å²) in [6.45, 7) is 4.55. The van der Waals surface area contributed by atoms with E-state index in [1.807, 2.05) is 0 Å². The Bertz CT molecular complexity index is 170. The van der Waals surface area contributed by atoms with E-state index in [1.54, 1.807) is 0 Å². The molecule has 1 heterocycles. The van der Waals surface area contributed by atoms with Gasteiger partial charge in [-0.1, -0.05) is 6.58 Å². The third-order valence-corrected chi connectivity index (χ3v) is 1.80. The molecule has 0 atom stereocenters. The molecule has 0 aromatic heterocycles. The topological polar surface area (TPSA) is 61.4 Å². The van der Waals surface area contributed by atoms with Gasteiger partial charge in [0.2, 0.25) is 5.91 Å². The Labute approximate surface area is 65.3 Å². The molecule has 0 aliphatic carbocycles. The lowest BCUT2D eigenvalue weighted by molar-refractivity contribution is -0.119. The molecule has 0 radical (unpaired) electrons. The second-order valence-corrected chi connectivity index (χ2v) is 2.74. The second-order valence-electron chi connectivity index (χ2n) is 2.74. The summed E-state index contributed by atoms with van der Waals surface area (Å²) in [5.41, 5.74) is -0.439. The van der Waals surface area contributed by atoms with Crippen molar-refractivity contribution in [2.24, 2.45) is 0 Å². The summed E-state index contributed by atoms with van der Waals surface area (Å²) >= 11 is 0. The first-order valence-corrected chi connectivity index (χ1v) is 3.49. The monoisotopic (exact) mass is 156 g/mol. The highest BCUT2D eigenvalue weighted by molar-refractivity contribution is 5.87. The van der Waals surface area contributed by atoms with E-state index in [9.17, 15) is 4.79 Å². The largest absolute Gasteiger partial charge is 0.394 e. The minimum absolute atomic E-state index is 0.0282. The molecule has 1 fully saturated rings. The van der Waals surface area contributed by atoms with Gasteiger partial charge >= 0.3 is 0 Å². The molecule has 1 saturated heterocycles. The number of amides is 1. The molecule has 0 aromatic carbocycles. The fourth-order valence-corrected chi connectivity index (χ4v) is 0.979. The molecule has 3 N–H and O–H groups in total. The summed E-state index contributed by atoms with van der Waals surface area (Å²) in [6, 6.07) is 0. The molecular formula is C7H12N2O2. The van der Waals surface area contributed by atoms with Crippen molar-refractivity contribution in [2.45, 2.75) is 5.54 Å². The predicted octanol–water partition coefficient (Wildman–Crippen LogP) is -1.38. The van der Waals surface area contributed by atoms with Crippen LogP contribution in [0.1, 0.15) is 0 Å². The standard InChI is InChI=1S/C7H12N2O2/c1-2-6(11)9-7(5-10)3-8-4-7/h2,8,10H,1,3-5H2,(H,9,11). The van der Waals surface area contributed by atoms with Crippen LogP contribution in [0.5, 0.6) is 0 Å². The van der Waals surface area contributed by atoms with Crippen molar-refractivity contribution in [2.75, 3.05) is 19.7 Å². The van der Waals surface area contributed by atoms with Gasteiger partial charge in [0.05, 0.1) is 12.1 Å². The third kappa shape index (κ3) is 1.58. The van der Waals surface area contributed by atoms with Gasteiger partial charge in [-0.05, 0) is 6.08 Å². The molecular weight excluding hydrogens is 144 g/mol. The average Bonchev–Trinajstić information content (AvgIpc) is 1.96. The zero-order chi connectivity index (χ0) is 8.32. The number of rotatable bonds is 3. The first-order chi connectivity index (χ1) is 5.22. The van der Waals surface area contributed by atoms with Crippen LogP contribution in [0, 0.1) is 0 Å². The zero-order valence-electron chi connectivity index (χ0n) is 6.26. The van der Waals surface area contributed by atoms with Gasteiger partial charge in [0.15, 0.2) is 0 Å². The summed E-state index contributed by atoms with van der Waals surface area (Å²) < 4.78 is 0. The van der Waals surface area contributed by atoms with Gasteiger partial charge < -0.3 is 15.7 Å². The lowest BCUT2D eigenvalue weighted by Crippen LogP contribution is -2.70. The number of nitrogens with one attached hydrogen (secondary N) is 2. The Morgan fingerprint density at radius 3 is 2.73 bits per heavy atom. The molecule has 0 unspecified atom stereocenters. The number of hydrogen-bond donors (Lipinski definition) is 3. The number of hydrogen-bond acceptors (Lipinski definition) is 3. The minimum Gasteiger partial charge on any atom is -0.394 e. The highest BCUT2D eigenvalue weighted by Gasteiger charge is 2.36. The molecule has 1 aliphatic heterocycles. The molecule has 1 rings (SSSR count). The van der Waals surface area contributed by atoms with Crippen molar-refractivity contribution in [3.8, 4) is 0 Å². The van der Waals surface area contributed by atoms with E-state index in [0.717, 1.165) is 0 Å². The SMILES string of the molecule is C=CC(=O)NC1(CO)CNC1. The normalized spacial score (nSPS) is 20.1. The van der Waals surface area contributed by atoms with Crippen LogP contribution >= 0.6 is 0 Å². The Morgan fingerprint density at radius 2 is 2.45 bits per heavy atom. The lowest BCUT2D eigenvalue weighted by Gasteiger charge is -2.41. The highest BCUT2D eigenvalue weighted by Crippen LogP contribution is 2.08. The summed E-state index contributed by atoms with van der Waals surface area (Å²) in [5, 5.41) is 14.5. The van der Waals surface area contributed by atoms with E-state index in [-0.39, 0.29) is 12.5 Å². The van der Waals surface area contributed by atoms with Crippen LogP contribution in [0.15, 0.2) is 12.7 Å². The molecule has 1 aliphatic rings. The Balaban J connectivity index is 2.44. The van der Waals surface area contributed by atoms with Crippen LogP contribution in [0.2, 0.25) is 0 Å². The van der Waals surface area contributed by atoms with Gasteiger partial charge in [-0.25, -0.2) is 0 Å². The maximum atomic E-state index is 10.8. The minimum atomic E-state index is -0.439. The van der Waals surface area contributed by atoms with Gasteiger partial charge in [-0.15, -0.1) is 0 Å². The highest BCUT2D eigenvalue weighted by atomic mass is 16.3.